The highest BCUT2D eigenvalue weighted by atomic mass is 32.3. The Kier molecular flexibility index (Phi) is 4.05. The van der Waals surface area contributed by atoms with Gasteiger partial charge in [-0.1, -0.05) is 0 Å². The average Bonchev–Trinajstić information content (AvgIpc) is 2.25. The van der Waals surface area contributed by atoms with E-state index < -0.39 is 22.5 Å². The number of nitrogens with zero attached hydrogens (tertiary/aromatic N) is 2. The van der Waals surface area contributed by atoms with Gasteiger partial charge in [0.05, 0.1) is 6.07 Å². The van der Waals surface area contributed by atoms with Gasteiger partial charge in [0, 0.05) is 6.54 Å². The molecule has 1 fully saturated rings. The second-order valence-electron chi connectivity index (χ2n) is 3.25. The molecule has 1 aliphatic heterocycles. The Balaban J connectivity index is 2.55. The van der Waals surface area contributed by atoms with Crippen LogP contribution < -0.4 is 5.48 Å². The highest BCUT2D eigenvalue weighted by Crippen LogP contribution is 2.16. The summed E-state index contributed by atoms with van der Waals surface area (Å²) in [6.45, 7) is 0.346. The Morgan fingerprint density at radius 2 is 2.25 bits per heavy atom. The number of nitriles is 1. The zero-order valence-electron chi connectivity index (χ0n) is 8.29. The van der Waals surface area contributed by atoms with Gasteiger partial charge >= 0.3 is 16.4 Å². The lowest BCUT2D eigenvalue weighted by Gasteiger charge is -2.30. The van der Waals surface area contributed by atoms with Crippen LogP contribution >= 0.6 is 0 Å². The van der Waals surface area contributed by atoms with E-state index in [2.05, 4.69) is 4.28 Å². The van der Waals surface area contributed by atoms with E-state index in [1.807, 2.05) is 6.07 Å². The van der Waals surface area contributed by atoms with Crippen LogP contribution in [0.15, 0.2) is 0 Å². The minimum Gasteiger partial charge on any atom is -0.307 e. The molecule has 1 aliphatic rings. The molecule has 0 aromatic heterocycles. The lowest BCUT2D eigenvalue weighted by Crippen LogP contribution is -2.48. The fourth-order valence-electron chi connectivity index (χ4n) is 1.46. The van der Waals surface area contributed by atoms with Gasteiger partial charge in [-0.3, -0.25) is 4.55 Å². The van der Waals surface area contributed by atoms with Crippen molar-refractivity contribution >= 4 is 16.4 Å². The van der Waals surface area contributed by atoms with Crippen LogP contribution in [0, 0.1) is 11.3 Å². The summed E-state index contributed by atoms with van der Waals surface area (Å²) >= 11 is 0. The van der Waals surface area contributed by atoms with Gasteiger partial charge in [-0.2, -0.15) is 19.2 Å². The van der Waals surface area contributed by atoms with E-state index in [-0.39, 0.29) is 0 Å². The maximum atomic E-state index is 11.4. The second-order valence-corrected chi connectivity index (χ2v) is 4.27. The van der Waals surface area contributed by atoms with Crippen molar-refractivity contribution < 1.29 is 22.0 Å². The number of urea groups is 1. The van der Waals surface area contributed by atoms with Gasteiger partial charge in [0.1, 0.15) is 6.04 Å². The van der Waals surface area contributed by atoms with Gasteiger partial charge in [0.25, 0.3) is 0 Å². The maximum Gasteiger partial charge on any atom is 0.418 e. The van der Waals surface area contributed by atoms with E-state index in [0.29, 0.717) is 13.0 Å². The molecule has 0 aliphatic carbocycles. The maximum absolute atomic E-state index is 11.4. The summed E-state index contributed by atoms with van der Waals surface area (Å²) in [5.41, 5.74) is 1.55. The van der Waals surface area contributed by atoms with Crippen molar-refractivity contribution in [2.75, 3.05) is 6.54 Å². The summed E-state index contributed by atoms with van der Waals surface area (Å²) in [7, 11) is -4.72. The number of rotatable bonds is 2. The number of piperidine rings is 1. The molecule has 90 valence electrons. The number of carbonyl (C=O) groups is 1. The molecule has 0 radical (unpaired) electrons. The quantitative estimate of drug-likeness (QED) is 0.517. The molecule has 2 N–H and O–H groups in total. The predicted octanol–water partition coefficient (Wildman–Crippen LogP) is -0.192. The second kappa shape index (κ2) is 5.11. The highest BCUT2D eigenvalue weighted by Gasteiger charge is 2.27. The van der Waals surface area contributed by atoms with Crippen molar-refractivity contribution in [3.63, 3.8) is 0 Å². The minimum atomic E-state index is -4.72. The van der Waals surface area contributed by atoms with Gasteiger partial charge in [-0.15, -0.1) is 4.28 Å². The van der Waals surface area contributed by atoms with Gasteiger partial charge in [0.15, 0.2) is 0 Å². The SMILES string of the molecule is N#CC1CCCCN1C(=O)NOS(=O)(=O)O. The third-order valence-corrected chi connectivity index (χ3v) is 2.44. The van der Waals surface area contributed by atoms with E-state index in [9.17, 15) is 13.2 Å². The molecule has 9 heteroatoms. The zero-order valence-corrected chi connectivity index (χ0v) is 9.11. The van der Waals surface area contributed by atoms with Crippen molar-refractivity contribution in [1.82, 2.24) is 10.4 Å². The van der Waals surface area contributed by atoms with Crippen LogP contribution in [-0.2, 0) is 14.7 Å². The first kappa shape index (κ1) is 12.7. The molecule has 8 nitrogen and oxygen atoms in total. The first-order chi connectivity index (χ1) is 7.44. The topological polar surface area (TPSA) is 120 Å². The van der Waals surface area contributed by atoms with Crippen LogP contribution in [0.4, 0.5) is 4.79 Å². The van der Waals surface area contributed by atoms with E-state index in [1.54, 1.807) is 5.48 Å². The largest absolute Gasteiger partial charge is 0.418 e. The fourth-order valence-corrected chi connectivity index (χ4v) is 1.63. The van der Waals surface area contributed by atoms with Crippen LogP contribution in [0.3, 0.4) is 0 Å². The number of nitrogens with one attached hydrogen (secondary N) is 1. The number of hydrogen-bond acceptors (Lipinski definition) is 5. The molecule has 0 aromatic rings. The van der Waals surface area contributed by atoms with Gasteiger partial charge in [-0.05, 0) is 19.3 Å². The van der Waals surface area contributed by atoms with E-state index in [1.165, 1.54) is 0 Å². The molecule has 1 atom stereocenters. The van der Waals surface area contributed by atoms with Crippen LogP contribution in [-0.4, -0.2) is 36.5 Å². The van der Waals surface area contributed by atoms with Crippen molar-refractivity contribution in [3.8, 4) is 6.07 Å². The molecular formula is C7H11N3O5S. The average molecular weight is 249 g/mol. The first-order valence-corrected chi connectivity index (χ1v) is 5.92. The Labute approximate surface area is 92.7 Å². The molecule has 1 saturated heterocycles. The molecule has 0 aromatic carbocycles. The number of hydrogen-bond donors (Lipinski definition) is 2. The van der Waals surface area contributed by atoms with Crippen molar-refractivity contribution in [1.29, 1.82) is 5.26 Å². The van der Waals surface area contributed by atoms with Crippen molar-refractivity contribution in [3.05, 3.63) is 0 Å². The summed E-state index contributed by atoms with van der Waals surface area (Å²) in [4.78, 5) is 12.5. The summed E-state index contributed by atoms with van der Waals surface area (Å²) < 4.78 is 32.4. The van der Waals surface area contributed by atoms with E-state index in [4.69, 9.17) is 9.81 Å². The predicted molar refractivity (Wildman–Crippen MR) is 51.1 cm³/mol. The van der Waals surface area contributed by atoms with Gasteiger partial charge in [-0.25, -0.2) is 4.79 Å². The summed E-state index contributed by atoms with van der Waals surface area (Å²) in [6.07, 6.45) is 2.11. The molecule has 16 heavy (non-hydrogen) atoms. The Hall–Kier alpha value is -1.37. The molecule has 0 bridgehead atoms. The number of hydroxylamine groups is 1. The fraction of sp³-hybridized carbons (Fsp3) is 0.714. The lowest BCUT2D eigenvalue weighted by molar-refractivity contribution is 0.119. The monoisotopic (exact) mass is 249 g/mol. The van der Waals surface area contributed by atoms with Gasteiger partial charge in [0.2, 0.25) is 0 Å². The molecular weight excluding hydrogens is 238 g/mol. The number of carbonyl (C=O) groups excluding carboxylic acids is 1. The molecule has 1 heterocycles. The normalized spacial score (nSPS) is 21.2. The standard InChI is InChI=1S/C7H11N3O5S/c8-5-6-3-1-2-4-10(6)7(11)9-15-16(12,13)14/h6H,1-4H2,(H,9,11)(H,12,13,14). The zero-order chi connectivity index (χ0) is 12.2. The Morgan fingerprint density at radius 3 is 2.81 bits per heavy atom. The Morgan fingerprint density at radius 1 is 1.56 bits per heavy atom. The molecule has 1 rings (SSSR count). The summed E-state index contributed by atoms with van der Waals surface area (Å²) in [6, 6.07) is 0.474. The summed E-state index contributed by atoms with van der Waals surface area (Å²) in [5.74, 6) is 0. The van der Waals surface area contributed by atoms with Crippen molar-refractivity contribution in [2.45, 2.75) is 25.3 Å². The number of likely N-dealkylation sites (tertiary alicyclic amines) is 1. The van der Waals surface area contributed by atoms with E-state index >= 15 is 0 Å². The molecule has 0 spiro atoms. The smallest absolute Gasteiger partial charge is 0.307 e. The van der Waals surface area contributed by atoms with Crippen molar-refractivity contribution in [2.24, 2.45) is 0 Å². The van der Waals surface area contributed by atoms with Crippen LogP contribution in [0.2, 0.25) is 0 Å². The van der Waals surface area contributed by atoms with Gasteiger partial charge < -0.3 is 4.90 Å². The van der Waals surface area contributed by atoms with E-state index in [0.717, 1.165) is 17.7 Å². The lowest BCUT2D eigenvalue weighted by atomic mass is 10.0. The van der Waals surface area contributed by atoms with Crippen LogP contribution in [0.5, 0.6) is 0 Å². The molecule has 1 unspecified atom stereocenters. The van der Waals surface area contributed by atoms with Crippen LogP contribution in [0.25, 0.3) is 0 Å². The van der Waals surface area contributed by atoms with Crippen LogP contribution in [0.1, 0.15) is 19.3 Å². The summed E-state index contributed by atoms with van der Waals surface area (Å²) in [5, 5.41) is 8.76. The molecule has 2 amide bonds. The third kappa shape index (κ3) is 3.65. The first-order valence-electron chi connectivity index (χ1n) is 4.56. The Bertz CT molecular complexity index is 401. The minimum absolute atomic E-state index is 0.346. The highest BCUT2D eigenvalue weighted by molar-refractivity contribution is 7.80. The molecule has 0 saturated carbocycles. The number of amides is 2. The third-order valence-electron chi connectivity index (χ3n) is 2.15.